The van der Waals surface area contributed by atoms with Crippen molar-refractivity contribution in [3.63, 3.8) is 0 Å². The fourth-order valence-electron chi connectivity index (χ4n) is 12.3. The summed E-state index contributed by atoms with van der Waals surface area (Å²) in [5.41, 5.74) is 1.82. The van der Waals surface area contributed by atoms with Crippen LogP contribution in [0.3, 0.4) is 0 Å². The van der Waals surface area contributed by atoms with Crippen LogP contribution in [0.4, 0.5) is 9.59 Å². The number of aromatic nitrogens is 8. The largest absolute Gasteiger partial charge is 0.491 e. The normalized spacial score (nSPS) is 12.7. The summed E-state index contributed by atoms with van der Waals surface area (Å²) in [6.45, 7) is 21.9. The number of benzene rings is 4. The summed E-state index contributed by atoms with van der Waals surface area (Å²) >= 11 is 0. The van der Waals surface area contributed by atoms with E-state index in [1.807, 2.05) is 146 Å². The van der Waals surface area contributed by atoms with Crippen LogP contribution in [0.15, 0.2) is 98.1 Å². The third-order valence-corrected chi connectivity index (χ3v) is 16.4. The molecule has 24 heteroatoms. The molecule has 0 fully saturated rings. The summed E-state index contributed by atoms with van der Waals surface area (Å²) in [6, 6.07) is 15.7. The first-order valence-electron chi connectivity index (χ1n) is 33.6. The molecule has 0 unspecified atom stereocenters. The highest BCUT2D eigenvalue weighted by Crippen LogP contribution is 2.46. The molecular formula is C74H98N10O14. The van der Waals surface area contributed by atoms with E-state index in [-0.39, 0.29) is 91.6 Å². The third kappa shape index (κ3) is 17.7. The number of hydrogen-bond donors (Lipinski definition) is 4. The molecule has 4 aromatic carbocycles. The number of nitrogens with zero attached hydrogens (tertiary/aromatic N) is 8. The Labute approximate surface area is 574 Å². The Kier molecular flexibility index (Phi) is 24.5. The van der Waals surface area contributed by atoms with Gasteiger partial charge < -0.3 is 86.5 Å². The van der Waals surface area contributed by atoms with Gasteiger partial charge in [0.05, 0.1) is 26.4 Å². The Morgan fingerprint density at radius 1 is 0.398 bits per heavy atom. The molecule has 4 aromatic heterocycles. The molecule has 1 aliphatic rings. The van der Waals surface area contributed by atoms with Crippen molar-refractivity contribution in [3.8, 4) is 23.0 Å². The van der Waals surface area contributed by atoms with Crippen molar-refractivity contribution >= 4 is 12.2 Å². The van der Waals surface area contributed by atoms with Gasteiger partial charge in [-0.1, -0.05) is 0 Å². The van der Waals surface area contributed by atoms with E-state index in [4.69, 9.17) is 67.3 Å². The predicted molar refractivity (Wildman–Crippen MR) is 368 cm³/mol. The Bertz CT molecular complexity index is 3550. The Balaban J connectivity index is 1.45. The van der Waals surface area contributed by atoms with E-state index in [1.54, 1.807) is 67.8 Å². The van der Waals surface area contributed by atoms with Crippen molar-refractivity contribution in [2.45, 2.75) is 130 Å². The summed E-state index contributed by atoms with van der Waals surface area (Å²) in [7, 11) is 7.31. The second-order valence-corrected chi connectivity index (χ2v) is 26.2. The number of aliphatic hydroxyl groups is 2. The number of hydrogen-bond acceptors (Lipinski definition) is 18. The van der Waals surface area contributed by atoms with Crippen LogP contribution in [0.1, 0.15) is 159 Å². The van der Waals surface area contributed by atoms with Crippen LogP contribution in [0.2, 0.25) is 0 Å². The topological polar surface area (TPSA) is 262 Å². The number of rotatable bonds is 30. The van der Waals surface area contributed by atoms with Crippen molar-refractivity contribution in [3.05, 3.63) is 188 Å². The summed E-state index contributed by atoms with van der Waals surface area (Å²) in [6.07, 6.45) is 12.8. The van der Waals surface area contributed by atoms with E-state index >= 15 is 0 Å². The van der Waals surface area contributed by atoms with Crippen LogP contribution in [0.25, 0.3) is 0 Å². The minimum absolute atomic E-state index is 0.0299. The highest BCUT2D eigenvalue weighted by atomic mass is 16.6. The van der Waals surface area contributed by atoms with Crippen molar-refractivity contribution < 1.29 is 67.2 Å². The average Bonchev–Trinajstić information content (AvgIpc) is 1.37. The molecule has 0 spiro atoms. The van der Waals surface area contributed by atoms with Crippen LogP contribution in [0, 0.1) is 0 Å². The number of amides is 2. The molecule has 9 rings (SSSR count). The number of imidazole rings is 4. The minimum Gasteiger partial charge on any atom is -0.491 e. The van der Waals surface area contributed by atoms with Gasteiger partial charge in [-0.15, -0.1) is 0 Å². The molecule has 0 saturated heterocycles. The quantitative estimate of drug-likeness (QED) is 0.0305. The number of carbonyl (C=O) groups is 2. The van der Waals surface area contributed by atoms with Gasteiger partial charge in [-0.3, -0.25) is 0 Å². The highest BCUT2D eigenvalue weighted by Gasteiger charge is 2.44. The second kappa shape index (κ2) is 32.7. The number of nitrogens with one attached hydrogen (secondary N) is 2. The first-order valence-corrected chi connectivity index (χ1v) is 33.6. The van der Waals surface area contributed by atoms with Gasteiger partial charge in [-0.25, -0.2) is 29.5 Å². The lowest BCUT2D eigenvalue weighted by Crippen LogP contribution is -2.35. The monoisotopic (exact) mass is 1350 g/mol. The number of fused-ring (bicyclic) bond motifs is 8. The van der Waals surface area contributed by atoms with Gasteiger partial charge in [0.25, 0.3) is 0 Å². The zero-order valence-corrected chi connectivity index (χ0v) is 59.3. The van der Waals surface area contributed by atoms with Crippen molar-refractivity contribution in [2.24, 2.45) is 28.2 Å². The maximum absolute atomic E-state index is 14.0. The molecule has 2 amide bonds. The van der Waals surface area contributed by atoms with Crippen molar-refractivity contribution in [1.82, 2.24) is 48.8 Å². The zero-order valence-electron chi connectivity index (χ0n) is 59.3. The number of alkyl carbamates (subject to hydrolysis) is 2. The summed E-state index contributed by atoms with van der Waals surface area (Å²) in [4.78, 5) is 46.8. The molecule has 528 valence electrons. The Morgan fingerprint density at radius 2 is 0.633 bits per heavy atom. The summed E-state index contributed by atoms with van der Waals surface area (Å²) in [5.74, 6) is 3.16. The molecular weight excluding hydrogens is 1250 g/mol. The lowest BCUT2D eigenvalue weighted by atomic mass is 9.83. The first-order chi connectivity index (χ1) is 46.9. The molecule has 0 aliphatic heterocycles. The SMILES string of the molecule is CCOCCOc1c2cc(CNC(=O)OC(C)(C)C)cc1Cc1cc(C(O)(c3nccn3C)c3nccn3C)cc(c1OCCOCC)Cc1cc(CNC(=O)OC(C)(C)C)cc(c1OCCOCC)Cc1cc(C(O)(c3nccn3C)c3nccn3C)cc(c1OCCOCC)C2. The van der Waals surface area contributed by atoms with Gasteiger partial charge in [-0.2, -0.15) is 0 Å². The molecule has 4 heterocycles. The van der Waals surface area contributed by atoms with Crippen molar-refractivity contribution in [2.75, 3.05) is 79.3 Å². The Hall–Kier alpha value is -8.78. The molecule has 8 aromatic rings. The number of ether oxygens (including phenoxy) is 10. The average molecular weight is 1350 g/mol. The van der Waals surface area contributed by atoms with Gasteiger partial charge >= 0.3 is 12.2 Å². The molecule has 8 bridgehead atoms. The van der Waals surface area contributed by atoms with Gasteiger partial charge in [0.1, 0.15) is 60.6 Å². The van der Waals surface area contributed by atoms with Gasteiger partial charge in [-0.05, 0) is 185 Å². The lowest BCUT2D eigenvalue weighted by molar-refractivity contribution is 0.0512. The summed E-state index contributed by atoms with van der Waals surface area (Å²) < 4.78 is 71.1. The van der Waals surface area contributed by atoms with Crippen LogP contribution in [-0.2, 0) is 107 Å². The fourth-order valence-corrected chi connectivity index (χ4v) is 12.3. The molecule has 0 atom stereocenters. The van der Waals surface area contributed by atoms with E-state index in [0.29, 0.717) is 139 Å². The van der Waals surface area contributed by atoms with Gasteiger partial charge in [0.2, 0.25) is 11.2 Å². The van der Waals surface area contributed by atoms with E-state index in [2.05, 4.69) is 10.6 Å². The van der Waals surface area contributed by atoms with Crippen LogP contribution in [0.5, 0.6) is 23.0 Å². The molecule has 24 nitrogen and oxygen atoms in total. The van der Waals surface area contributed by atoms with Gasteiger partial charge in [0.15, 0.2) is 23.3 Å². The molecule has 4 N–H and O–H groups in total. The van der Waals surface area contributed by atoms with Crippen molar-refractivity contribution in [1.29, 1.82) is 0 Å². The standard InChI is InChI=1S/C74H98N10O14/c1-15-89-27-31-93-61-51-35-49(47-79-69(85)97-71(5,6)7)36-52(61)40-56-44-60(74(88,67-77-21-25-83(67)13)68-78-22-26-84(68)14)46-58(64(56)96-34-30-92-18-4)42-54-38-50(48-80-70(86)98-72(8,9)10)37-53(62(54)94-32-28-90-16-2)41-57-45-59(43-55(39-51)63(57)95-33-29-91-17-3)73(87,65-75-19-23-81(65)11)66-76-20-24-82(66)12/h19-26,35-38,43-46,87-88H,15-18,27-34,39-42,47-48H2,1-14H3,(H,79,85)(H,80,86). The number of aryl methyl sites for hydroxylation is 4. The second-order valence-electron chi connectivity index (χ2n) is 26.2. The third-order valence-electron chi connectivity index (χ3n) is 16.4. The predicted octanol–water partition coefficient (Wildman–Crippen LogP) is 9.58. The maximum atomic E-state index is 14.0. The molecule has 0 radical (unpaired) electrons. The van der Waals surface area contributed by atoms with E-state index in [9.17, 15) is 19.8 Å². The first kappa shape index (κ1) is 73.5. The fraction of sp³-hybridized carbons (Fsp3) is 0.486. The maximum Gasteiger partial charge on any atom is 0.407 e. The number of carbonyl (C=O) groups excluding carboxylic acids is 2. The summed E-state index contributed by atoms with van der Waals surface area (Å²) in [5, 5.41) is 34.0. The zero-order chi connectivity index (χ0) is 70.4. The van der Waals surface area contributed by atoms with E-state index in [1.165, 1.54) is 0 Å². The smallest absolute Gasteiger partial charge is 0.407 e. The van der Waals surface area contributed by atoms with Crippen LogP contribution in [-0.4, -0.2) is 151 Å². The highest BCUT2D eigenvalue weighted by molar-refractivity contribution is 5.69. The minimum atomic E-state index is -2.00. The van der Waals surface area contributed by atoms with Gasteiger partial charge in [0, 0.05) is 143 Å². The molecule has 1 aliphatic carbocycles. The molecule has 0 saturated carbocycles. The lowest BCUT2D eigenvalue weighted by Gasteiger charge is -2.31. The Morgan fingerprint density at radius 3 is 0.837 bits per heavy atom. The molecule has 98 heavy (non-hydrogen) atoms. The van der Waals surface area contributed by atoms with E-state index in [0.717, 1.165) is 0 Å². The van der Waals surface area contributed by atoms with Crippen LogP contribution >= 0.6 is 0 Å². The van der Waals surface area contributed by atoms with Crippen LogP contribution < -0.4 is 29.6 Å². The van der Waals surface area contributed by atoms with E-state index < -0.39 is 34.6 Å².